The van der Waals surface area contributed by atoms with Crippen LogP contribution in [0.3, 0.4) is 0 Å². The standard InChI is InChI=1S/C53H36N2.C34H31BN2O2.C25H17Br/c1-6-19-38(20-7-1)48-50(39-21-8-2-9-22-39)54-52(41-23-10-3-11-24-41)55-51(48)40-35-33-37(34-36-40)44-30-18-32-47-49(44)45-29-16-17-31-46(45)53(47,42-25-12-4-13-26-42)43-27-14-5-15-28-43;1-33(2)34(3,4)39-35(38-33)28-22-20-26(21-23-28)31-29(24-14-8-5-9-15-24)30(25-16-10-6-11-17-25)36-32(37-31)27-18-12-7-13-19-27;26-23-17-9-16-22-24(23)20-14-7-8-15-21(20)25(22,18-10-3-1-4-11-18)19-12-5-2-6-13-19/h1-36H;5-23H,1-4H3;1-17H. The minimum absolute atomic E-state index is 0.293. The molecule has 6 nitrogen and oxygen atoms in total. The lowest BCUT2D eigenvalue weighted by Crippen LogP contribution is -2.41. The van der Waals surface area contributed by atoms with Gasteiger partial charge in [-0.05, 0) is 123 Å². The summed E-state index contributed by atoms with van der Waals surface area (Å²) in [5.74, 6) is 1.40. The lowest BCUT2D eigenvalue weighted by molar-refractivity contribution is 0.00578. The van der Waals surface area contributed by atoms with Crippen molar-refractivity contribution in [1.82, 2.24) is 19.9 Å². The molecule has 1 saturated heterocycles. The average molecular weight is 1610 g/mol. The number of nitrogens with zero attached hydrogens (tertiary/aromatic N) is 4. The van der Waals surface area contributed by atoms with Crippen LogP contribution in [0.15, 0.2) is 441 Å². The van der Waals surface area contributed by atoms with Gasteiger partial charge in [0.2, 0.25) is 0 Å². The maximum Gasteiger partial charge on any atom is 0.494 e. The molecule has 574 valence electrons. The Balaban J connectivity index is 0.000000127. The number of rotatable bonds is 14. The molecule has 3 aliphatic rings. The molecule has 16 aromatic carbocycles. The van der Waals surface area contributed by atoms with Crippen molar-refractivity contribution < 1.29 is 9.31 Å². The highest BCUT2D eigenvalue weighted by molar-refractivity contribution is 9.10. The first-order valence-corrected chi connectivity index (χ1v) is 41.8. The molecule has 0 saturated carbocycles. The van der Waals surface area contributed by atoms with Crippen molar-refractivity contribution >= 4 is 28.5 Å². The largest absolute Gasteiger partial charge is 0.494 e. The van der Waals surface area contributed by atoms with E-state index in [9.17, 15) is 0 Å². The summed E-state index contributed by atoms with van der Waals surface area (Å²) in [6.45, 7) is 8.30. The van der Waals surface area contributed by atoms with Crippen LogP contribution in [0.4, 0.5) is 0 Å². The quantitative estimate of drug-likeness (QED) is 0.101. The number of fused-ring (bicyclic) bond motifs is 6. The molecule has 2 aromatic heterocycles. The lowest BCUT2D eigenvalue weighted by Gasteiger charge is -2.34. The molecule has 120 heavy (non-hydrogen) atoms. The van der Waals surface area contributed by atoms with E-state index in [1.165, 1.54) is 72.3 Å². The van der Waals surface area contributed by atoms with Gasteiger partial charge in [-0.2, -0.15) is 0 Å². The Labute approximate surface area is 711 Å². The van der Waals surface area contributed by atoms with Gasteiger partial charge < -0.3 is 9.31 Å². The van der Waals surface area contributed by atoms with E-state index in [0.29, 0.717) is 11.6 Å². The van der Waals surface area contributed by atoms with Crippen LogP contribution in [0.2, 0.25) is 0 Å². The van der Waals surface area contributed by atoms with Crippen LogP contribution in [-0.2, 0) is 20.1 Å². The van der Waals surface area contributed by atoms with Gasteiger partial charge in [0.15, 0.2) is 11.6 Å². The zero-order chi connectivity index (χ0) is 81.2. The second-order valence-electron chi connectivity index (χ2n) is 31.7. The molecule has 0 amide bonds. The first-order valence-electron chi connectivity index (χ1n) is 41.0. The van der Waals surface area contributed by atoms with Gasteiger partial charge >= 0.3 is 7.12 Å². The third-order valence-electron chi connectivity index (χ3n) is 24.2. The third-order valence-corrected chi connectivity index (χ3v) is 24.9. The highest BCUT2D eigenvalue weighted by atomic mass is 79.9. The van der Waals surface area contributed by atoms with Gasteiger partial charge in [-0.25, -0.2) is 19.9 Å². The fourth-order valence-electron chi connectivity index (χ4n) is 17.9. The fraction of sp³-hybridized carbons (Fsp3) is 0.0714. The van der Waals surface area contributed by atoms with Gasteiger partial charge in [0.25, 0.3) is 0 Å². The van der Waals surface area contributed by atoms with Crippen molar-refractivity contribution in [3.8, 4) is 123 Å². The van der Waals surface area contributed by atoms with Gasteiger partial charge in [0.05, 0.1) is 44.8 Å². The first-order chi connectivity index (χ1) is 59.0. The molecule has 0 bridgehead atoms. The SMILES string of the molecule is Brc1cccc2c1-c1ccccc1C2(c1ccccc1)c1ccccc1.CC1(C)OB(c2ccc(-c3nc(-c4ccccc4)nc(-c4ccccc4)c3-c3ccccc3)cc2)OC1(C)C.c1ccc(-c2nc(-c3ccccc3)c(-c3ccccc3)c(-c3ccc(-c4cccc5c4-c4ccccc4C5(c4ccccc4)c4ccccc4)cc3)n2)cc1. The van der Waals surface area contributed by atoms with Crippen LogP contribution >= 0.6 is 15.9 Å². The number of halogens is 1. The Morgan fingerprint density at radius 1 is 0.217 bits per heavy atom. The van der Waals surface area contributed by atoms with E-state index in [1.807, 2.05) is 66.7 Å². The van der Waals surface area contributed by atoms with Crippen LogP contribution in [0.25, 0.3) is 123 Å². The van der Waals surface area contributed by atoms with Crippen molar-refractivity contribution in [1.29, 1.82) is 0 Å². The predicted molar refractivity (Wildman–Crippen MR) is 497 cm³/mol. The van der Waals surface area contributed by atoms with E-state index in [4.69, 9.17) is 29.2 Å². The summed E-state index contributed by atoms with van der Waals surface area (Å²) >= 11 is 3.81. The average Bonchev–Trinajstić information content (AvgIpc) is 1.54. The van der Waals surface area contributed by atoms with Crippen molar-refractivity contribution in [2.45, 2.75) is 49.7 Å². The van der Waals surface area contributed by atoms with Crippen molar-refractivity contribution in [2.24, 2.45) is 0 Å². The van der Waals surface area contributed by atoms with Gasteiger partial charge in [0, 0.05) is 54.5 Å². The number of aromatic nitrogens is 4. The zero-order valence-corrected chi connectivity index (χ0v) is 68.7. The highest BCUT2D eigenvalue weighted by Gasteiger charge is 2.52. The van der Waals surface area contributed by atoms with E-state index >= 15 is 0 Å². The monoisotopic (exact) mass is 1610 g/mol. The number of benzene rings is 16. The minimum atomic E-state index is -0.447. The zero-order valence-electron chi connectivity index (χ0n) is 67.1. The number of hydrogen-bond acceptors (Lipinski definition) is 6. The number of hydrogen-bond donors (Lipinski definition) is 0. The topological polar surface area (TPSA) is 70.0 Å². The fourth-order valence-corrected chi connectivity index (χ4v) is 18.5. The maximum absolute atomic E-state index is 6.29. The predicted octanol–water partition coefficient (Wildman–Crippen LogP) is 27.4. The Hall–Kier alpha value is -13.9. The van der Waals surface area contributed by atoms with Crippen LogP contribution in [-0.4, -0.2) is 38.3 Å². The Kier molecular flexibility index (Phi) is 20.7. The molecule has 0 N–H and O–H groups in total. The second kappa shape index (κ2) is 32.6. The smallest absolute Gasteiger partial charge is 0.399 e. The van der Waals surface area contributed by atoms with E-state index < -0.39 is 23.7 Å². The molecule has 0 unspecified atom stereocenters. The molecule has 18 aromatic rings. The Morgan fingerprint density at radius 3 is 0.842 bits per heavy atom. The highest BCUT2D eigenvalue weighted by Crippen LogP contribution is 2.60. The van der Waals surface area contributed by atoms with Crippen molar-refractivity contribution in [3.05, 3.63) is 486 Å². The molecule has 1 aliphatic heterocycles. The molecule has 3 heterocycles. The van der Waals surface area contributed by atoms with Gasteiger partial charge in [-0.3, -0.25) is 0 Å². The van der Waals surface area contributed by atoms with Crippen molar-refractivity contribution in [3.63, 3.8) is 0 Å². The van der Waals surface area contributed by atoms with E-state index in [1.54, 1.807) is 0 Å². The molecule has 0 atom stereocenters. The molecule has 21 rings (SSSR count). The van der Waals surface area contributed by atoms with E-state index in [-0.39, 0.29) is 5.41 Å². The molecular formula is C112H84BBrN4O2. The Bertz CT molecular complexity index is 6580. The normalized spacial score (nSPS) is 13.9. The summed E-state index contributed by atoms with van der Waals surface area (Å²) in [5, 5.41) is 0. The molecular weight excluding hydrogens is 1520 g/mol. The van der Waals surface area contributed by atoms with Crippen LogP contribution < -0.4 is 5.46 Å². The Morgan fingerprint density at radius 2 is 0.475 bits per heavy atom. The lowest BCUT2D eigenvalue weighted by atomic mass is 9.67. The summed E-state index contributed by atoms with van der Waals surface area (Å²) in [4.78, 5) is 20.9. The van der Waals surface area contributed by atoms with Crippen LogP contribution in [0.1, 0.15) is 72.2 Å². The summed E-state index contributed by atoms with van der Waals surface area (Å²) in [5.41, 5.74) is 31.3. The third kappa shape index (κ3) is 13.8. The van der Waals surface area contributed by atoms with E-state index in [0.717, 1.165) is 93.9 Å². The summed E-state index contributed by atoms with van der Waals surface area (Å²) in [7, 11) is -0.414. The van der Waals surface area contributed by atoms with Gasteiger partial charge in [-0.15, -0.1) is 0 Å². The van der Waals surface area contributed by atoms with Crippen LogP contribution in [0.5, 0.6) is 0 Å². The van der Waals surface area contributed by atoms with Gasteiger partial charge in [-0.1, -0.05) is 447 Å². The maximum atomic E-state index is 6.29. The second-order valence-corrected chi connectivity index (χ2v) is 32.5. The minimum Gasteiger partial charge on any atom is -0.399 e. The summed E-state index contributed by atoms with van der Waals surface area (Å²) < 4.78 is 13.7. The summed E-state index contributed by atoms with van der Waals surface area (Å²) in [6, 6.07) is 154. The molecule has 1 fully saturated rings. The van der Waals surface area contributed by atoms with Crippen LogP contribution in [0, 0.1) is 0 Å². The summed E-state index contributed by atoms with van der Waals surface area (Å²) in [6.07, 6.45) is 0. The first kappa shape index (κ1) is 76.1. The molecule has 2 aliphatic carbocycles. The van der Waals surface area contributed by atoms with Crippen molar-refractivity contribution in [2.75, 3.05) is 0 Å². The molecule has 0 spiro atoms. The molecule has 8 heteroatoms. The van der Waals surface area contributed by atoms with Gasteiger partial charge in [0.1, 0.15) is 0 Å². The van der Waals surface area contributed by atoms with E-state index in [2.05, 4.69) is 414 Å². The molecule has 0 radical (unpaired) electrons.